The molecule has 466 valence electrons. The van der Waals surface area contributed by atoms with Crippen molar-refractivity contribution in [3.05, 3.63) is 245 Å². The monoisotopic (exact) mass is 1410 g/mol. The second kappa shape index (κ2) is 28.0. The summed E-state index contributed by atoms with van der Waals surface area (Å²) in [4.78, 5) is 1.28. The van der Waals surface area contributed by atoms with Crippen molar-refractivity contribution in [3.63, 3.8) is 0 Å². The fourth-order valence-corrected chi connectivity index (χ4v) is 12.8. The van der Waals surface area contributed by atoms with E-state index in [1.54, 1.807) is 12.1 Å². The number of ether oxygens (including phenoxy) is 1. The zero-order valence-electron chi connectivity index (χ0n) is 54.4. The Morgan fingerprint density at radius 2 is 0.800 bits per heavy atom. The molecule has 4 heterocycles. The Kier molecular flexibility index (Phi) is 21.3. The first-order valence-corrected chi connectivity index (χ1v) is 32.2. The minimum Gasteiger partial charge on any atom is -0.582 e. The third-order valence-electron chi connectivity index (χ3n) is 16.2. The molecule has 4 aromatic heterocycles. The number of thiophene rings is 2. The molecule has 12 aromatic rings. The quantitative estimate of drug-likeness (QED) is 0.0653. The topological polar surface area (TPSA) is 86.0 Å². The van der Waals surface area contributed by atoms with Crippen LogP contribution in [0, 0.1) is 32.4 Å². The molecule has 12 rings (SSSR count). The van der Waals surface area contributed by atoms with E-state index in [9.17, 15) is 19.0 Å². The van der Waals surface area contributed by atoms with E-state index in [0.717, 1.165) is 73.6 Å². The molecule has 8 aromatic carbocycles. The van der Waals surface area contributed by atoms with Crippen molar-refractivity contribution in [3.8, 4) is 49.5 Å². The number of halogens is 2. The zero-order valence-corrected chi connectivity index (χ0v) is 59.6. The smallest absolute Gasteiger partial charge is 0.263 e. The summed E-state index contributed by atoms with van der Waals surface area (Å²) in [7, 11) is 0. The summed E-state index contributed by atoms with van der Waals surface area (Å²) in [5, 5.41) is 39.0. The first-order valence-electron chi connectivity index (χ1n) is 30.5. The SMILES string of the molecule is CC(C)(C)c1ccc2c(c1)c1cc(C(C)(C)C)ccc1n2-c1csc(-c2cc(F)ccc2[OH+]CCCC[OH2+])c1O.Cc1ccc(F)cc1-c1scc(-n2c3ccc(C(C)(C)C)cc3c3cc(C(C)(C)C)ccc32)c1O.[CH2-]c1ccccc1.[CH2-]c1ccccc1.[Hf]. The number of nitrogens with zero attached hydrogens (tertiary/aromatic N) is 2. The van der Waals surface area contributed by atoms with Gasteiger partial charge < -0.3 is 29.2 Å². The predicted octanol–water partition coefficient (Wildman–Crippen LogP) is 21.7. The number of unbranched alkanes of at least 4 members (excludes halogenated alkanes) is 1. The Bertz CT molecular complexity index is 4250. The number of aryl methyl sites for hydroxylation is 1. The summed E-state index contributed by atoms with van der Waals surface area (Å²) in [6.07, 6.45) is 1.58. The summed E-state index contributed by atoms with van der Waals surface area (Å²) in [5.74, 6) is 0.290. The third-order valence-corrected chi connectivity index (χ3v) is 18.1. The normalized spacial score (nSPS) is 11.8. The van der Waals surface area contributed by atoms with E-state index >= 15 is 0 Å². The maximum atomic E-state index is 14.4. The molecular formula is C79H86F2HfN2O4S2. The minimum atomic E-state index is -0.365. The summed E-state index contributed by atoms with van der Waals surface area (Å²) in [5.41, 5.74) is 15.0. The first-order chi connectivity index (χ1) is 42.0. The molecular weight excluding hydrogens is 1320 g/mol. The molecule has 11 heteroatoms. The predicted molar refractivity (Wildman–Crippen MR) is 377 cm³/mol. The zero-order chi connectivity index (χ0) is 64.3. The number of hydrogen-bond acceptors (Lipinski definition) is 4. The number of hydrogen-bond donors (Lipinski definition) is 2. The van der Waals surface area contributed by atoms with Crippen LogP contribution in [0.4, 0.5) is 8.78 Å². The van der Waals surface area contributed by atoms with Gasteiger partial charge in [0.15, 0.2) is 18.1 Å². The van der Waals surface area contributed by atoms with Gasteiger partial charge in [-0.25, -0.2) is 8.78 Å². The van der Waals surface area contributed by atoms with Gasteiger partial charge in [0.25, 0.3) is 5.75 Å². The number of aliphatic hydroxyl groups is 1. The second-order valence-corrected chi connectivity index (χ2v) is 28.9. The van der Waals surface area contributed by atoms with Crippen molar-refractivity contribution in [2.24, 2.45) is 0 Å². The number of fused-ring (bicyclic) bond motifs is 6. The van der Waals surface area contributed by atoms with Gasteiger partial charge in [0.05, 0.1) is 48.8 Å². The molecule has 0 saturated heterocycles. The van der Waals surface area contributed by atoms with Crippen LogP contribution in [-0.4, -0.2) is 42.4 Å². The van der Waals surface area contributed by atoms with E-state index < -0.39 is 0 Å². The number of aromatic nitrogens is 2. The fourth-order valence-electron chi connectivity index (χ4n) is 10.9. The summed E-state index contributed by atoms with van der Waals surface area (Å²) < 4.78 is 37.4. The van der Waals surface area contributed by atoms with Gasteiger partial charge in [0, 0.05) is 82.6 Å². The van der Waals surface area contributed by atoms with E-state index in [1.165, 1.54) is 80.0 Å². The maximum Gasteiger partial charge on any atom is 0.263 e. The number of benzene rings is 8. The van der Waals surface area contributed by atoms with Crippen LogP contribution in [0.25, 0.3) is 75.9 Å². The van der Waals surface area contributed by atoms with Gasteiger partial charge in [0.2, 0.25) is 0 Å². The Balaban J connectivity index is 0.000000189. The molecule has 5 N–H and O–H groups in total. The molecule has 6 nitrogen and oxygen atoms in total. The molecule has 0 saturated carbocycles. The average Bonchev–Trinajstić information content (AvgIpc) is 1.59. The molecule has 0 fully saturated rings. The van der Waals surface area contributed by atoms with Crippen LogP contribution in [0.1, 0.15) is 135 Å². The van der Waals surface area contributed by atoms with Gasteiger partial charge in [-0.2, -0.15) is 49.2 Å². The third kappa shape index (κ3) is 15.3. The van der Waals surface area contributed by atoms with Crippen LogP contribution < -0.4 is 0 Å². The summed E-state index contributed by atoms with van der Waals surface area (Å²) in [6, 6.07) is 55.5. The fraction of sp³-hybridized carbons (Fsp3) is 0.266. The average molecular weight is 1410 g/mol. The van der Waals surface area contributed by atoms with Crippen molar-refractivity contribution >= 4 is 66.3 Å². The largest absolute Gasteiger partial charge is 0.582 e. The second-order valence-electron chi connectivity index (χ2n) is 27.1. The minimum absolute atomic E-state index is 0. The van der Waals surface area contributed by atoms with E-state index in [-0.39, 0.29) is 70.6 Å². The van der Waals surface area contributed by atoms with Crippen LogP contribution in [0.15, 0.2) is 181 Å². The Hall–Kier alpha value is -7.41. The van der Waals surface area contributed by atoms with Crippen LogP contribution in [-0.2, 0) is 47.5 Å². The molecule has 0 radical (unpaired) electrons. The summed E-state index contributed by atoms with van der Waals surface area (Å²) >= 11 is 2.84. The van der Waals surface area contributed by atoms with Gasteiger partial charge in [-0.1, -0.05) is 126 Å². The molecule has 0 aliphatic heterocycles. The molecule has 0 atom stereocenters. The van der Waals surface area contributed by atoms with Crippen molar-refractivity contribution in [2.75, 3.05) is 13.2 Å². The van der Waals surface area contributed by atoms with Crippen molar-refractivity contribution in [1.29, 1.82) is 0 Å². The molecule has 90 heavy (non-hydrogen) atoms. The molecule has 0 amide bonds. The van der Waals surface area contributed by atoms with E-state index in [2.05, 4.69) is 184 Å². The Labute approximate surface area is 558 Å². The number of rotatable bonds is 9. The molecule has 0 aliphatic rings. The van der Waals surface area contributed by atoms with Crippen molar-refractivity contribution in [2.45, 2.75) is 125 Å². The molecule has 0 unspecified atom stereocenters. The summed E-state index contributed by atoms with van der Waals surface area (Å²) in [6.45, 7) is 37.0. The molecule has 0 bridgehead atoms. The van der Waals surface area contributed by atoms with Gasteiger partial charge in [-0.15, -0.1) is 46.9 Å². The van der Waals surface area contributed by atoms with Crippen LogP contribution in [0.5, 0.6) is 17.2 Å². The Morgan fingerprint density at radius 1 is 0.456 bits per heavy atom. The van der Waals surface area contributed by atoms with Gasteiger partial charge in [-0.3, -0.25) is 0 Å². The number of aromatic hydroxyl groups is 3. The van der Waals surface area contributed by atoms with Gasteiger partial charge in [-0.05, 0) is 129 Å². The molecule has 0 spiro atoms. The van der Waals surface area contributed by atoms with Crippen LogP contribution >= 0.6 is 22.7 Å². The van der Waals surface area contributed by atoms with Gasteiger partial charge in [0.1, 0.15) is 18.2 Å². The van der Waals surface area contributed by atoms with Crippen LogP contribution in [0.2, 0.25) is 0 Å². The maximum absolute atomic E-state index is 14.4. The van der Waals surface area contributed by atoms with Gasteiger partial charge >= 0.3 is 0 Å². The standard InChI is InChI=1S/C34H38FNO3S.C31H32FNOS.2C7H7.Hf/c1-33(2,3)21-9-12-27-24(17-21)25-18-22(34(4,5)6)10-13-28(25)36(27)29-20-40-32(31(29)38)26-19-23(35)11-14-30(26)39-16-8-7-15-37;1-18-8-11-21(32)16-22(18)29-28(34)27(17-35-29)33-25-12-9-19(30(2,3)4)14-23(25)24-15-20(31(5,6)7)10-13-26(24)33;2*1-7-5-3-2-4-6-7;/h9-14,17-20,37-38H,7-8,15-16H2,1-6H3;8-17,34H,1-7H3;2*2-6H,1H2;/q;;2*-1;/p+2. The van der Waals surface area contributed by atoms with E-state index in [4.69, 9.17) is 5.11 Å². The van der Waals surface area contributed by atoms with Crippen molar-refractivity contribution in [1.82, 2.24) is 9.13 Å². The Morgan fingerprint density at radius 3 is 1.13 bits per heavy atom. The van der Waals surface area contributed by atoms with E-state index in [1.807, 2.05) is 78.3 Å². The van der Waals surface area contributed by atoms with E-state index in [0.29, 0.717) is 40.0 Å². The molecule has 0 aliphatic carbocycles. The first kappa shape index (κ1) is 68.5. The van der Waals surface area contributed by atoms with Crippen molar-refractivity contribution < 1.29 is 54.7 Å². The van der Waals surface area contributed by atoms with Crippen LogP contribution in [0.3, 0.4) is 0 Å².